The number of nitrogens with one attached hydrogen (secondary N) is 1. The summed E-state index contributed by atoms with van der Waals surface area (Å²) in [6, 6.07) is 11.1. The third-order valence-corrected chi connectivity index (χ3v) is 5.80. The molecule has 3 rings (SSSR count). The van der Waals surface area contributed by atoms with E-state index in [2.05, 4.69) is 10.2 Å². The Bertz CT molecular complexity index is 888. The summed E-state index contributed by atoms with van der Waals surface area (Å²) in [6.07, 6.45) is 0.193. The maximum Gasteiger partial charge on any atom is 0.224 e. The summed E-state index contributed by atoms with van der Waals surface area (Å²) in [6.45, 7) is 5.87. The van der Waals surface area contributed by atoms with Gasteiger partial charge >= 0.3 is 0 Å². The molecule has 1 heterocycles. The predicted octanol–water partition coefficient (Wildman–Crippen LogP) is 4.13. The molecule has 0 saturated carbocycles. The number of amides is 1. The van der Waals surface area contributed by atoms with Gasteiger partial charge in [0.25, 0.3) is 0 Å². The van der Waals surface area contributed by atoms with Crippen molar-refractivity contribution in [2.24, 2.45) is 0 Å². The molecule has 1 amide bonds. The van der Waals surface area contributed by atoms with Crippen LogP contribution in [-0.2, 0) is 16.0 Å². The van der Waals surface area contributed by atoms with E-state index in [0.717, 1.165) is 24.2 Å². The molecule has 1 atom stereocenters. The van der Waals surface area contributed by atoms with Crippen molar-refractivity contribution >= 4 is 29.1 Å². The van der Waals surface area contributed by atoms with Crippen molar-refractivity contribution in [2.45, 2.75) is 19.4 Å². The van der Waals surface area contributed by atoms with Gasteiger partial charge in [0.15, 0.2) is 11.5 Å². The molecule has 2 aromatic carbocycles. The molecule has 0 radical (unpaired) electrons. The van der Waals surface area contributed by atoms with Gasteiger partial charge in [-0.3, -0.25) is 9.69 Å². The first-order valence-electron chi connectivity index (χ1n) is 10.3. The van der Waals surface area contributed by atoms with Gasteiger partial charge in [0.1, 0.15) is 0 Å². The van der Waals surface area contributed by atoms with Crippen LogP contribution in [0.2, 0.25) is 10.0 Å². The fourth-order valence-corrected chi connectivity index (χ4v) is 4.10. The van der Waals surface area contributed by atoms with Gasteiger partial charge in [-0.2, -0.15) is 0 Å². The number of carbonyl (C=O) groups is 1. The maximum absolute atomic E-state index is 12.6. The Morgan fingerprint density at radius 3 is 2.61 bits per heavy atom. The lowest BCUT2D eigenvalue weighted by molar-refractivity contribution is -0.120. The van der Waals surface area contributed by atoms with E-state index in [-0.39, 0.29) is 18.4 Å². The maximum atomic E-state index is 12.6. The predicted molar refractivity (Wildman–Crippen MR) is 122 cm³/mol. The first-order valence-corrected chi connectivity index (χ1v) is 11.1. The monoisotopic (exact) mass is 466 g/mol. The minimum atomic E-state index is -0.0969. The van der Waals surface area contributed by atoms with Gasteiger partial charge in [0.05, 0.1) is 39.4 Å². The van der Waals surface area contributed by atoms with Crippen molar-refractivity contribution in [3.63, 3.8) is 0 Å². The van der Waals surface area contributed by atoms with Gasteiger partial charge in [0.2, 0.25) is 5.91 Å². The molecule has 168 valence electrons. The molecule has 1 unspecified atom stereocenters. The van der Waals surface area contributed by atoms with Crippen LogP contribution in [0.4, 0.5) is 0 Å². The number of ether oxygens (including phenoxy) is 3. The van der Waals surface area contributed by atoms with Crippen LogP contribution in [0.25, 0.3) is 0 Å². The van der Waals surface area contributed by atoms with Crippen LogP contribution in [0.15, 0.2) is 36.4 Å². The Kier molecular flexibility index (Phi) is 8.84. The Balaban J connectivity index is 1.74. The molecule has 1 fully saturated rings. The van der Waals surface area contributed by atoms with E-state index < -0.39 is 0 Å². The molecule has 0 aliphatic carbocycles. The van der Waals surface area contributed by atoms with Crippen molar-refractivity contribution in [1.82, 2.24) is 10.2 Å². The molecular weight excluding hydrogens is 439 g/mol. The van der Waals surface area contributed by atoms with E-state index in [1.165, 1.54) is 0 Å². The number of benzene rings is 2. The summed E-state index contributed by atoms with van der Waals surface area (Å²) in [4.78, 5) is 15.0. The third kappa shape index (κ3) is 6.50. The Morgan fingerprint density at radius 1 is 1.16 bits per heavy atom. The molecule has 1 aliphatic heterocycles. The van der Waals surface area contributed by atoms with E-state index in [1.807, 2.05) is 25.1 Å². The van der Waals surface area contributed by atoms with Crippen LogP contribution in [0.1, 0.15) is 24.1 Å². The fourth-order valence-electron chi connectivity index (χ4n) is 3.62. The van der Waals surface area contributed by atoms with Crippen LogP contribution in [0.5, 0.6) is 11.5 Å². The highest BCUT2D eigenvalue weighted by Gasteiger charge is 2.24. The average molecular weight is 467 g/mol. The zero-order valence-corrected chi connectivity index (χ0v) is 19.3. The Morgan fingerprint density at radius 2 is 1.94 bits per heavy atom. The highest BCUT2D eigenvalue weighted by Crippen LogP contribution is 2.32. The largest absolute Gasteiger partial charge is 0.493 e. The topological polar surface area (TPSA) is 60.0 Å². The quantitative estimate of drug-likeness (QED) is 0.601. The normalized spacial score (nSPS) is 15.4. The summed E-state index contributed by atoms with van der Waals surface area (Å²) in [5, 5.41) is 4.10. The van der Waals surface area contributed by atoms with Crippen LogP contribution >= 0.6 is 23.2 Å². The standard InChI is InChI=1S/C23H28Cl2N2O4/c1-3-31-21-7-5-17(12-22(21)29-2)20(27-8-10-30-11-9-27)15-26-23(28)13-16-4-6-18(24)14-19(16)25/h4-7,12,14,20H,3,8-11,13,15H2,1-2H3,(H,26,28). The molecule has 1 saturated heterocycles. The second-order valence-corrected chi connectivity index (χ2v) is 8.07. The van der Waals surface area contributed by atoms with Crippen molar-refractivity contribution in [2.75, 3.05) is 46.6 Å². The van der Waals surface area contributed by atoms with E-state index in [4.69, 9.17) is 37.4 Å². The molecule has 1 N–H and O–H groups in total. The molecule has 31 heavy (non-hydrogen) atoms. The molecule has 8 heteroatoms. The molecule has 2 aromatic rings. The van der Waals surface area contributed by atoms with Gasteiger partial charge in [0, 0.05) is 29.7 Å². The van der Waals surface area contributed by atoms with E-state index >= 15 is 0 Å². The van der Waals surface area contributed by atoms with Crippen LogP contribution in [0, 0.1) is 0 Å². The van der Waals surface area contributed by atoms with E-state index in [0.29, 0.717) is 47.9 Å². The van der Waals surface area contributed by atoms with E-state index in [9.17, 15) is 4.79 Å². The number of methoxy groups -OCH3 is 1. The summed E-state index contributed by atoms with van der Waals surface area (Å²) in [5.41, 5.74) is 1.79. The minimum absolute atomic E-state index is 0.0156. The number of halogens is 2. The number of nitrogens with zero attached hydrogens (tertiary/aromatic N) is 1. The molecular formula is C23H28Cl2N2O4. The fraction of sp³-hybridized carbons (Fsp3) is 0.435. The van der Waals surface area contributed by atoms with Crippen molar-refractivity contribution in [3.8, 4) is 11.5 Å². The zero-order valence-electron chi connectivity index (χ0n) is 17.8. The molecule has 0 spiro atoms. The second-order valence-electron chi connectivity index (χ2n) is 7.22. The first-order chi connectivity index (χ1) is 15.0. The SMILES string of the molecule is CCOc1ccc(C(CNC(=O)Cc2ccc(Cl)cc2Cl)N2CCOCC2)cc1OC. The number of hydrogen-bond donors (Lipinski definition) is 1. The first kappa shape index (κ1) is 23.7. The Hall–Kier alpha value is -1.99. The van der Waals surface area contributed by atoms with Crippen molar-refractivity contribution < 1.29 is 19.0 Å². The Labute approximate surface area is 193 Å². The van der Waals surface area contributed by atoms with E-state index in [1.54, 1.807) is 25.3 Å². The second kappa shape index (κ2) is 11.6. The minimum Gasteiger partial charge on any atom is -0.493 e. The van der Waals surface area contributed by atoms with Crippen molar-refractivity contribution in [1.29, 1.82) is 0 Å². The average Bonchev–Trinajstić information content (AvgIpc) is 2.77. The smallest absolute Gasteiger partial charge is 0.224 e. The highest BCUT2D eigenvalue weighted by atomic mass is 35.5. The lowest BCUT2D eigenvalue weighted by atomic mass is 10.0. The van der Waals surface area contributed by atoms with Gasteiger partial charge in [-0.05, 0) is 42.3 Å². The van der Waals surface area contributed by atoms with Gasteiger partial charge < -0.3 is 19.5 Å². The zero-order chi connectivity index (χ0) is 22.2. The van der Waals surface area contributed by atoms with Gasteiger partial charge in [-0.15, -0.1) is 0 Å². The highest BCUT2D eigenvalue weighted by molar-refractivity contribution is 6.35. The van der Waals surface area contributed by atoms with Crippen LogP contribution in [-0.4, -0.2) is 57.4 Å². The van der Waals surface area contributed by atoms with Gasteiger partial charge in [-0.1, -0.05) is 35.3 Å². The van der Waals surface area contributed by atoms with Gasteiger partial charge in [-0.25, -0.2) is 0 Å². The van der Waals surface area contributed by atoms with Crippen LogP contribution < -0.4 is 14.8 Å². The number of rotatable bonds is 9. The van der Waals surface area contributed by atoms with Crippen LogP contribution in [0.3, 0.4) is 0 Å². The summed E-state index contributed by atoms with van der Waals surface area (Å²) >= 11 is 12.2. The molecule has 0 aromatic heterocycles. The summed E-state index contributed by atoms with van der Waals surface area (Å²) in [5.74, 6) is 1.29. The summed E-state index contributed by atoms with van der Waals surface area (Å²) in [7, 11) is 1.63. The lowest BCUT2D eigenvalue weighted by Gasteiger charge is -2.35. The third-order valence-electron chi connectivity index (χ3n) is 5.22. The number of carbonyl (C=O) groups excluding carboxylic acids is 1. The number of morpholine rings is 1. The lowest BCUT2D eigenvalue weighted by Crippen LogP contribution is -2.44. The van der Waals surface area contributed by atoms with Crippen molar-refractivity contribution in [3.05, 3.63) is 57.6 Å². The molecule has 0 bridgehead atoms. The summed E-state index contributed by atoms with van der Waals surface area (Å²) < 4.78 is 16.7. The molecule has 1 aliphatic rings. The number of hydrogen-bond acceptors (Lipinski definition) is 5. The molecule has 6 nitrogen and oxygen atoms in total.